The lowest BCUT2D eigenvalue weighted by molar-refractivity contribution is -0.142. The number of carbonyl (C=O) groups excluding carboxylic acids is 3. The van der Waals surface area contributed by atoms with Crippen LogP contribution >= 0.6 is 0 Å². The van der Waals surface area contributed by atoms with Gasteiger partial charge >= 0.3 is 5.97 Å². The number of carboxylic acids is 1. The molecule has 0 fully saturated rings. The molecule has 0 saturated heterocycles. The maximum Gasteiger partial charge on any atom is 0.326 e. The van der Waals surface area contributed by atoms with E-state index in [0.717, 1.165) is 0 Å². The quantitative estimate of drug-likeness (QED) is 0.0423. The van der Waals surface area contributed by atoms with Gasteiger partial charge < -0.3 is 54.8 Å². The summed E-state index contributed by atoms with van der Waals surface area (Å²) in [5.41, 5.74) is 27.2. The van der Waals surface area contributed by atoms with Gasteiger partial charge in [-0.05, 0) is 64.5 Å². The number of unbranched alkanes of at least 4 members (excludes halogenated alkanes) is 2. The van der Waals surface area contributed by atoms with Crippen LogP contribution in [0.15, 0.2) is 4.99 Å². The van der Waals surface area contributed by atoms with Crippen molar-refractivity contribution in [3.63, 3.8) is 0 Å². The van der Waals surface area contributed by atoms with Crippen molar-refractivity contribution < 1.29 is 29.4 Å². The fraction of sp³-hybridized carbons (Fsp3) is 0.762. The first kappa shape index (κ1) is 33.0. The van der Waals surface area contributed by atoms with Crippen molar-refractivity contribution in [1.82, 2.24) is 16.0 Å². The molecule has 0 rings (SSSR count). The molecule has 15 nitrogen and oxygen atoms in total. The first-order chi connectivity index (χ1) is 17.1. The number of carboxylic acid groups (broad SMARTS) is 1. The van der Waals surface area contributed by atoms with Gasteiger partial charge in [0.05, 0.1) is 12.6 Å². The van der Waals surface area contributed by atoms with Gasteiger partial charge in [0.2, 0.25) is 17.7 Å². The van der Waals surface area contributed by atoms with E-state index in [1.165, 1.54) is 0 Å². The summed E-state index contributed by atoms with van der Waals surface area (Å²) in [6.07, 6.45) is 3.17. The van der Waals surface area contributed by atoms with Crippen LogP contribution in [0.3, 0.4) is 0 Å². The number of guanidine groups is 1. The number of hydrogen-bond acceptors (Lipinski definition) is 9. The zero-order valence-corrected chi connectivity index (χ0v) is 20.7. The van der Waals surface area contributed by atoms with E-state index in [0.29, 0.717) is 45.2 Å². The summed E-state index contributed by atoms with van der Waals surface area (Å²) in [6, 6.07) is -4.59. The van der Waals surface area contributed by atoms with Gasteiger partial charge in [0.25, 0.3) is 0 Å². The molecule has 0 aromatic carbocycles. The molecule has 0 aromatic rings. The third-order valence-corrected chi connectivity index (χ3v) is 5.26. The van der Waals surface area contributed by atoms with Gasteiger partial charge in [-0.15, -0.1) is 0 Å². The fourth-order valence-corrected chi connectivity index (χ4v) is 3.18. The van der Waals surface area contributed by atoms with Crippen LogP contribution in [0.4, 0.5) is 0 Å². The fourth-order valence-electron chi connectivity index (χ4n) is 3.18. The Hall–Kier alpha value is -3.01. The van der Waals surface area contributed by atoms with Crippen LogP contribution in [0, 0.1) is 0 Å². The number of carbonyl (C=O) groups is 4. The van der Waals surface area contributed by atoms with Crippen molar-refractivity contribution in [2.45, 2.75) is 75.5 Å². The highest BCUT2D eigenvalue weighted by molar-refractivity contribution is 5.94. The predicted molar refractivity (Wildman–Crippen MR) is 134 cm³/mol. The number of amides is 3. The Morgan fingerprint density at radius 3 is 1.72 bits per heavy atom. The van der Waals surface area contributed by atoms with Gasteiger partial charge in [0, 0.05) is 6.54 Å². The lowest BCUT2D eigenvalue weighted by Gasteiger charge is -2.24. The average Bonchev–Trinajstić information content (AvgIpc) is 2.83. The number of aliphatic carboxylic acids is 1. The summed E-state index contributed by atoms with van der Waals surface area (Å²) in [4.78, 5) is 53.2. The largest absolute Gasteiger partial charge is 0.480 e. The number of nitrogens with one attached hydrogen (secondary N) is 3. The lowest BCUT2D eigenvalue weighted by atomic mass is 10.1. The summed E-state index contributed by atoms with van der Waals surface area (Å²) in [5.74, 6) is -3.48. The molecular weight excluding hydrogens is 474 g/mol. The van der Waals surface area contributed by atoms with Crippen LogP contribution < -0.4 is 44.6 Å². The van der Waals surface area contributed by atoms with Crippen molar-refractivity contribution in [2.75, 3.05) is 26.2 Å². The second-order valence-electron chi connectivity index (χ2n) is 8.33. The summed E-state index contributed by atoms with van der Waals surface area (Å²) < 4.78 is 0. The van der Waals surface area contributed by atoms with Crippen molar-refractivity contribution >= 4 is 29.7 Å². The minimum Gasteiger partial charge on any atom is -0.480 e. The minimum atomic E-state index is -1.37. The van der Waals surface area contributed by atoms with Gasteiger partial charge in [-0.1, -0.05) is 0 Å². The normalized spacial score (nSPS) is 14.1. The predicted octanol–water partition coefficient (Wildman–Crippen LogP) is -3.84. The van der Waals surface area contributed by atoms with E-state index >= 15 is 0 Å². The Morgan fingerprint density at radius 1 is 0.722 bits per heavy atom. The van der Waals surface area contributed by atoms with Crippen LogP contribution in [0.1, 0.15) is 51.4 Å². The van der Waals surface area contributed by atoms with Crippen molar-refractivity contribution in [1.29, 1.82) is 0 Å². The number of aliphatic hydroxyl groups is 1. The van der Waals surface area contributed by atoms with E-state index in [1.807, 2.05) is 0 Å². The van der Waals surface area contributed by atoms with Crippen molar-refractivity contribution in [3.8, 4) is 0 Å². The molecule has 4 unspecified atom stereocenters. The average molecular weight is 518 g/mol. The lowest BCUT2D eigenvalue weighted by Crippen LogP contribution is -2.58. The number of hydrogen-bond donors (Lipinski definition) is 10. The van der Waals surface area contributed by atoms with Crippen LogP contribution in [0.5, 0.6) is 0 Å². The molecular formula is C21H43N9O6. The molecule has 0 spiro atoms. The van der Waals surface area contributed by atoms with E-state index in [4.69, 9.17) is 28.7 Å². The van der Waals surface area contributed by atoms with Gasteiger partial charge in [-0.25, -0.2) is 4.79 Å². The molecule has 0 heterocycles. The van der Waals surface area contributed by atoms with Gasteiger partial charge in [-0.3, -0.25) is 19.4 Å². The summed E-state index contributed by atoms with van der Waals surface area (Å²) in [5, 5.41) is 26.3. The highest BCUT2D eigenvalue weighted by Gasteiger charge is 2.29. The van der Waals surface area contributed by atoms with Gasteiger partial charge in [-0.2, -0.15) is 0 Å². The molecule has 4 atom stereocenters. The number of aliphatic hydroxyl groups excluding tert-OH is 1. The van der Waals surface area contributed by atoms with Crippen molar-refractivity contribution in [3.05, 3.63) is 0 Å². The van der Waals surface area contributed by atoms with Crippen molar-refractivity contribution in [2.24, 2.45) is 33.7 Å². The Kier molecular flexibility index (Phi) is 17.6. The molecule has 0 saturated carbocycles. The van der Waals surface area contributed by atoms with E-state index in [-0.39, 0.29) is 31.8 Å². The third kappa shape index (κ3) is 14.4. The molecule has 0 bridgehead atoms. The molecule has 0 aromatic heterocycles. The molecule has 0 radical (unpaired) electrons. The van der Waals surface area contributed by atoms with Crippen LogP contribution in [-0.4, -0.2) is 90.3 Å². The van der Waals surface area contributed by atoms with E-state index in [1.54, 1.807) is 0 Å². The number of nitrogens with zero attached hydrogens (tertiary/aromatic N) is 1. The van der Waals surface area contributed by atoms with Gasteiger partial charge in [0.1, 0.15) is 18.1 Å². The summed E-state index contributed by atoms with van der Waals surface area (Å²) >= 11 is 0. The maximum absolute atomic E-state index is 12.8. The first-order valence-electron chi connectivity index (χ1n) is 12.0. The molecule has 0 aliphatic carbocycles. The Labute approximate surface area is 211 Å². The highest BCUT2D eigenvalue weighted by Crippen LogP contribution is 2.06. The maximum atomic E-state index is 12.8. The molecule has 15 heteroatoms. The second kappa shape index (κ2) is 19.2. The van der Waals surface area contributed by atoms with Crippen LogP contribution in [-0.2, 0) is 19.2 Å². The van der Waals surface area contributed by atoms with Crippen LogP contribution in [0.25, 0.3) is 0 Å². The monoisotopic (exact) mass is 517 g/mol. The number of nitrogens with two attached hydrogens (primary N) is 5. The Bertz CT molecular complexity index is 718. The first-order valence-corrected chi connectivity index (χ1v) is 12.0. The van der Waals surface area contributed by atoms with Crippen LogP contribution in [0.2, 0.25) is 0 Å². The zero-order valence-electron chi connectivity index (χ0n) is 20.7. The zero-order chi connectivity index (χ0) is 27.5. The molecule has 15 N–H and O–H groups in total. The SMILES string of the molecule is NCCCCC(NC(=O)C(CCCCN)NC(=O)C(CO)NC(=O)C(N)CCCN=C(N)N)C(=O)O. The summed E-state index contributed by atoms with van der Waals surface area (Å²) in [6.45, 7) is 0.296. The Balaban J connectivity index is 5.15. The highest BCUT2D eigenvalue weighted by atomic mass is 16.4. The van der Waals surface area contributed by atoms with E-state index in [2.05, 4.69) is 20.9 Å². The smallest absolute Gasteiger partial charge is 0.326 e. The molecule has 0 aliphatic heterocycles. The number of rotatable bonds is 20. The molecule has 3 amide bonds. The Morgan fingerprint density at radius 2 is 1.22 bits per heavy atom. The topological polar surface area (TPSA) is 287 Å². The minimum absolute atomic E-state index is 0.0830. The molecule has 0 aliphatic rings. The standard InChI is InChI=1S/C21H43N9O6/c22-9-3-1-7-14(18(33)29-15(20(35)36)8-2-4-10-23)28-19(34)16(12-31)30-17(32)13(24)6-5-11-27-21(25)26/h13-16,31H,1-12,22-24H2,(H,28,34)(H,29,33)(H,30,32)(H,35,36)(H4,25,26,27). The second-order valence-corrected chi connectivity index (χ2v) is 8.33. The van der Waals surface area contributed by atoms with E-state index in [9.17, 15) is 29.4 Å². The third-order valence-electron chi connectivity index (χ3n) is 5.26. The molecule has 36 heavy (non-hydrogen) atoms. The number of aliphatic imine (C=N–C) groups is 1. The molecule has 208 valence electrons. The van der Waals surface area contributed by atoms with E-state index < -0.39 is 54.5 Å². The summed E-state index contributed by atoms with van der Waals surface area (Å²) in [7, 11) is 0. The van der Waals surface area contributed by atoms with Gasteiger partial charge in [0.15, 0.2) is 5.96 Å².